The van der Waals surface area contributed by atoms with Gasteiger partial charge in [0.2, 0.25) is 0 Å². The summed E-state index contributed by atoms with van der Waals surface area (Å²) in [5, 5.41) is 18.7. The molecule has 0 aromatic heterocycles. The lowest BCUT2D eigenvalue weighted by molar-refractivity contribution is 0.0978. The molecule has 0 aliphatic rings. The molecule has 2 aromatic rings. The number of hydrogen-bond donors (Lipinski definition) is 4. The first-order valence-electron chi connectivity index (χ1n) is 6.98. The van der Waals surface area contributed by atoms with Crippen molar-refractivity contribution in [2.45, 2.75) is 19.3 Å². The highest BCUT2D eigenvalue weighted by Crippen LogP contribution is 2.37. The van der Waals surface area contributed by atoms with Gasteiger partial charge in [0.25, 0.3) is 0 Å². The van der Waals surface area contributed by atoms with Crippen molar-refractivity contribution in [2.75, 3.05) is 0 Å². The van der Waals surface area contributed by atoms with Crippen molar-refractivity contribution in [1.29, 1.82) is 0 Å². The van der Waals surface area contributed by atoms with E-state index in [0.29, 0.717) is 12.8 Å². The lowest BCUT2D eigenvalue weighted by Crippen LogP contribution is -2.16. The minimum Gasteiger partial charge on any atom is -0.508 e. The molecule has 0 heterocycles. The maximum Gasteiger partial charge on any atom is 0.357 e. The fourth-order valence-electron chi connectivity index (χ4n) is 2.35. The number of Topliss-reactive ketones (excluding diaryl/α,β-unsaturated/α-hetero) is 1. The van der Waals surface area contributed by atoms with Crippen molar-refractivity contribution < 1.29 is 29.4 Å². The van der Waals surface area contributed by atoms with Crippen LogP contribution in [0.25, 0.3) is 0 Å². The van der Waals surface area contributed by atoms with Crippen LogP contribution in [0.3, 0.4) is 0 Å². The lowest BCUT2D eigenvalue weighted by atomic mass is 10.0. The Hall–Kier alpha value is -2.14. The number of phenolic OH excluding ortho intramolecular Hbond substituents is 2. The molecule has 0 unspecified atom stereocenters. The van der Waals surface area contributed by atoms with E-state index in [4.69, 9.17) is 0 Å². The van der Waals surface area contributed by atoms with Gasteiger partial charge in [0, 0.05) is 6.42 Å². The third-order valence-corrected chi connectivity index (χ3v) is 4.39. The number of carbonyl (C=O) groups is 1. The molecule has 0 saturated carbocycles. The molecule has 0 radical (unpaired) electrons. The SMILES string of the molecule is O=C(CCCc1cccc(O)c1)c1c(O)cccc1P(=O)(O)O. The quantitative estimate of drug-likeness (QED) is 0.474. The summed E-state index contributed by atoms with van der Waals surface area (Å²) in [7, 11) is -4.65. The third-order valence-electron chi connectivity index (χ3n) is 3.39. The molecule has 0 saturated heterocycles. The largest absolute Gasteiger partial charge is 0.508 e. The zero-order valence-electron chi connectivity index (χ0n) is 12.2. The summed E-state index contributed by atoms with van der Waals surface area (Å²) in [5.41, 5.74) is 0.530. The van der Waals surface area contributed by atoms with Gasteiger partial charge in [0.1, 0.15) is 11.5 Å². The molecule has 0 bridgehead atoms. The average molecular weight is 336 g/mol. The third kappa shape index (κ3) is 4.42. The van der Waals surface area contributed by atoms with E-state index in [1.54, 1.807) is 18.2 Å². The van der Waals surface area contributed by atoms with E-state index in [9.17, 15) is 29.4 Å². The highest BCUT2D eigenvalue weighted by Gasteiger charge is 2.27. The van der Waals surface area contributed by atoms with Gasteiger partial charge in [-0.2, -0.15) is 0 Å². The Kier molecular flexibility index (Phi) is 5.21. The zero-order chi connectivity index (χ0) is 17.0. The highest BCUT2D eigenvalue weighted by molar-refractivity contribution is 7.60. The van der Waals surface area contributed by atoms with E-state index in [1.807, 2.05) is 6.07 Å². The van der Waals surface area contributed by atoms with Gasteiger partial charge in [0.05, 0.1) is 10.9 Å². The van der Waals surface area contributed by atoms with Crippen LogP contribution in [-0.2, 0) is 11.0 Å². The minimum absolute atomic E-state index is 0.0280. The molecule has 23 heavy (non-hydrogen) atoms. The first kappa shape index (κ1) is 17.2. The first-order chi connectivity index (χ1) is 10.8. The number of aromatic hydroxyl groups is 2. The minimum atomic E-state index is -4.65. The molecule has 2 aromatic carbocycles. The molecule has 0 amide bonds. The van der Waals surface area contributed by atoms with E-state index < -0.39 is 24.4 Å². The highest BCUT2D eigenvalue weighted by atomic mass is 31.2. The van der Waals surface area contributed by atoms with Crippen molar-refractivity contribution in [3.8, 4) is 11.5 Å². The Morgan fingerprint density at radius 3 is 2.39 bits per heavy atom. The molecule has 0 spiro atoms. The summed E-state index contributed by atoms with van der Waals surface area (Å²) in [6.07, 6.45) is 0.983. The molecule has 4 N–H and O–H groups in total. The molecule has 0 atom stereocenters. The Labute approximate surface area is 133 Å². The molecular formula is C16H17O6P. The van der Waals surface area contributed by atoms with Crippen molar-refractivity contribution in [2.24, 2.45) is 0 Å². The molecule has 2 rings (SSSR count). The van der Waals surface area contributed by atoms with Crippen LogP contribution in [0.15, 0.2) is 42.5 Å². The van der Waals surface area contributed by atoms with E-state index in [-0.39, 0.29) is 17.7 Å². The van der Waals surface area contributed by atoms with Crippen LogP contribution in [0.1, 0.15) is 28.8 Å². The average Bonchev–Trinajstić information content (AvgIpc) is 2.46. The molecule has 6 nitrogen and oxygen atoms in total. The smallest absolute Gasteiger partial charge is 0.357 e. The number of hydrogen-bond acceptors (Lipinski definition) is 4. The van der Waals surface area contributed by atoms with Crippen LogP contribution < -0.4 is 5.30 Å². The van der Waals surface area contributed by atoms with E-state index in [2.05, 4.69) is 0 Å². The molecule has 0 fully saturated rings. The van der Waals surface area contributed by atoms with Gasteiger partial charge in [-0.3, -0.25) is 9.36 Å². The van der Waals surface area contributed by atoms with E-state index in [1.165, 1.54) is 12.1 Å². The number of carbonyl (C=O) groups excluding carboxylic acids is 1. The number of benzene rings is 2. The maximum absolute atomic E-state index is 12.2. The van der Waals surface area contributed by atoms with Gasteiger partial charge in [-0.05, 0) is 42.7 Å². The Bertz CT molecular complexity index is 765. The monoisotopic (exact) mass is 336 g/mol. The fraction of sp³-hybridized carbons (Fsp3) is 0.188. The fourth-order valence-corrected chi connectivity index (χ4v) is 3.16. The standard InChI is InChI=1S/C16H17O6P/c17-12-6-1-4-11(10-12)5-2-7-13(18)16-14(19)8-3-9-15(16)23(20,21)22/h1,3-4,6,8-10,17,19H,2,5,7H2,(H2,20,21,22). The number of aryl methyl sites for hydroxylation is 1. The van der Waals surface area contributed by atoms with Gasteiger partial charge < -0.3 is 20.0 Å². The summed E-state index contributed by atoms with van der Waals surface area (Å²) < 4.78 is 11.4. The number of rotatable bonds is 6. The van der Waals surface area contributed by atoms with Crippen LogP contribution >= 0.6 is 7.60 Å². The van der Waals surface area contributed by atoms with Crippen LogP contribution in [0.4, 0.5) is 0 Å². The molecular weight excluding hydrogens is 319 g/mol. The van der Waals surface area contributed by atoms with Crippen molar-refractivity contribution in [1.82, 2.24) is 0 Å². The molecule has 0 aliphatic carbocycles. The van der Waals surface area contributed by atoms with Crippen LogP contribution in [0, 0.1) is 0 Å². The number of ketones is 1. The van der Waals surface area contributed by atoms with Crippen LogP contribution in [0.5, 0.6) is 11.5 Å². The van der Waals surface area contributed by atoms with Crippen molar-refractivity contribution >= 4 is 18.7 Å². The van der Waals surface area contributed by atoms with E-state index in [0.717, 1.165) is 11.6 Å². The van der Waals surface area contributed by atoms with Crippen LogP contribution in [-0.4, -0.2) is 25.8 Å². The molecule has 122 valence electrons. The molecule has 7 heteroatoms. The topological polar surface area (TPSA) is 115 Å². The van der Waals surface area contributed by atoms with Gasteiger partial charge >= 0.3 is 7.60 Å². The van der Waals surface area contributed by atoms with Crippen molar-refractivity contribution in [3.63, 3.8) is 0 Å². The first-order valence-corrected chi connectivity index (χ1v) is 8.59. The summed E-state index contributed by atoms with van der Waals surface area (Å²) >= 11 is 0. The predicted molar refractivity (Wildman–Crippen MR) is 85.2 cm³/mol. The second kappa shape index (κ2) is 6.96. The van der Waals surface area contributed by atoms with Gasteiger partial charge in [-0.1, -0.05) is 18.2 Å². The van der Waals surface area contributed by atoms with Gasteiger partial charge in [-0.25, -0.2) is 0 Å². The second-order valence-electron chi connectivity index (χ2n) is 5.16. The van der Waals surface area contributed by atoms with Crippen molar-refractivity contribution in [3.05, 3.63) is 53.6 Å². The Morgan fingerprint density at radius 2 is 1.74 bits per heavy atom. The number of phenols is 2. The maximum atomic E-state index is 12.2. The van der Waals surface area contributed by atoms with Crippen LogP contribution in [0.2, 0.25) is 0 Å². The zero-order valence-corrected chi connectivity index (χ0v) is 13.1. The Morgan fingerprint density at radius 1 is 1.04 bits per heavy atom. The summed E-state index contributed by atoms with van der Waals surface area (Å²) in [4.78, 5) is 30.8. The molecule has 0 aliphatic heterocycles. The lowest BCUT2D eigenvalue weighted by Gasteiger charge is -2.11. The second-order valence-corrected chi connectivity index (χ2v) is 6.73. The van der Waals surface area contributed by atoms with Gasteiger partial charge in [0.15, 0.2) is 5.78 Å². The van der Waals surface area contributed by atoms with E-state index >= 15 is 0 Å². The summed E-state index contributed by atoms with van der Waals surface area (Å²) in [6.45, 7) is 0. The summed E-state index contributed by atoms with van der Waals surface area (Å²) in [5.74, 6) is -0.826. The normalized spacial score (nSPS) is 11.4. The summed E-state index contributed by atoms with van der Waals surface area (Å²) in [6, 6.07) is 10.3. The van der Waals surface area contributed by atoms with Gasteiger partial charge in [-0.15, -0.1) is 0 Å². The Balaban J connectivity index is 2.11. The predicted octanol–water partition coefficient (Wildman–Crippen LogP) is 2.11.